The lowest BCUT2D eigenvalue weighted by Gasteiger charge is -2.21. The molecule has 0 saturated carbocycles. The number of imide groups is 1. The molecular formula is C15H19N3O3. The number of carbonyl (C=O) groups is 3. The topological polar surface area (TPSA) is 87.3 Å². The van der Waals surface area contributed by atoms with Crippen LogP contribution >= 0.6 is 0 Å². The van der Waals surface area contributed by atoms with E-state index >= 15 is 0 Å². The van der Waals surface area contributed by atoms with Crippen LogP contribution in [0.2, 0.25) is 0 Å². The summed E-state index contributed by atoms with van der Waals surface area (Å²) < 4.78 is 0. The van der Waals surface area contributed by atoms with Crippen LogP contribution in [-0.2, 0) is 9.59 Å². The molecule has 1 fully saturated rings. The van der Waals surface area contributed by atoms with Crippen LogP contribution in [0.3, 0.4) is 0 Å². The van der Waals surface area contributed by atoms with Crippen molar-refractivity contribution in [3.63, 3.8) is 0 Å². The van der Waals surface area contributed by atoms with E-state index in [2.05, 4.69) is 16.0 Å². The Morgan fingerprint density at radius 2 is 1.95 bits per heavy atom. The van der Waals surface area contributed by atoms with E-state index in [4.69, 9.17) is 0 Å². The van der Waals surface area contributed by atoms with Crippen LogP contribution in [-0.4, -0.2) is 36.9 Å². The van der Waals surface area contributed by atoms with Crippen molar-refractivity contribution < 1.29 is 14.4 Å². The molecule has 1 aliphatic heterocycles. The average Bonchev–Trinajstić information content (AvgIpc) is 2.49. The standard InChI is InChI=1S/C15H19N3O3/c19-13-8-7-12(15(21)18-13)16-9-4-10-17-14(20)11-5-2-1-3-6-11/h1-3,5-6,12,16H,4,7-10H2,(H,17,20)(H,18,19,21)/t12-/m0/s1. The van der Waals surface area contributed by atoms with Crippen molar-refractivity contribution >= 4 is 17.7 Å². The van der Waals surface area contributed by atoms with E-state index in [-0.39, 0.29) is 23.8 Å². The number of rotatable bonds is 6. The van der Waals surface area contributed by atoms with Gasteiger partial charge in [0, 0.05) is 18.5 Å². The van der Waals surface area contributed by atoms with Crippen LogP contribution in [0.15, 0.2) is 30.3 Å². The molecule has 3 amide bonds. The van der Waals surface area contributed by atoms with Crippen LogP contribution in [0.5, 0.6) is 0 Å². The second kappa shape index (κ2) is 7.54. The van der Waals surface area contributed by atoms with Crippen molar-refractivity contribution in [2.75, 3.05) is 13.1 Å². The fourth-order valence-corrected chi connectivity index (χ4v) is 2.15. The van der Waals surface area contributed by atoms with Gasteiger partial charge in [0.2, 0.25) is 11.8 Å². The van der Waals surface area contributed by atoms with Gasteiger partial charge in [0.15, 0.2) is 0 Å². The highest BCUT2D eigenvalue weighted by molar-refractivity contribution is 6.00. The van der Waals surface area contributed by atoms with E-state index < -0.39 is 0 Å². The third-order valence-electron chi connectivity index (χ3n) is 3.31. The van der Waals surface area contributed by atoms with Gasteiger partial charge in [-0.05, 0) is 31.5 Å². The Labute approximate surface area is 123 Å². The maximum Gasteiger partial charge on any atom is 0.251 e. The molecule has 1 aromatic rings. The van der Waals surface area contributed by atoms with Gasteiger partial charge in [-0.25, -0.2) is 0 Å². The van der Waals surface area contributed by atoms with Crippen molar-refractivity contribution in [2.24, 2.45) is 0 Å². The largest absolute Gasteiger partial charge is 0.352 e. The second-order valence-corrected chi connectivity index (χ2v) is 4.93. The highest BCUT2D eigenvalue weighted by atomic mass is 16.2. The van der Waals surface area contributed by atoms with Crippen molar-refractivity contribution in [3.05, 3.63) is 35.9 Å². The fraction of sp³-hybridized carbons (Fsp3) is 0.400. The molecule has 112 valence electrons. The molecule has 1 aliphatic rings. The first kappa shape index (κ1) is 15.2. The molecular weight excluding hydrogens is 270 g/mol. The zero-order valence-corrected chi connectivity index (χ0v) is 11.7. The highest BCUT2D eigenvalue weighted by Gasteiger charge is 2.25. The van der Waals surface area contributed by atoms with Crippen molar-refractivity contribution in [3.8, 4) is 0 Å². The summed E-state index contributed by atoms with van der Waals surface area (Å²) in [6.45, 7) is 1.15. The van der Waals surface area contributed by atoms with Gasteiger partial charge in [-0.3, -0.25) is 19.7 Å². The van der Waals surface area contributed by atoms with Crippen molar-refractivity contribution in [1.82, 2.24) is 16.0 Å². The van der Waals surface area contributed by atoms with E-state index in [1.165, 1.54) is 0 Å². The van der Waals surface area contributed by atoms with E-state index in [0.717, 1.165) is 6.42 Å². The van der Waals surface area contributed by atoms with Crippen molar-refractivity contribution in [2.45, 2.75) is 25.3 Å². The molecule has 0 radical (unpaired) electrons. The molecule has 1 aromatic carbocycles. The normalized spacial score (nSPS) is 18.2. The lowest BCUT2D eigenvalue weighted by Crippen LogP contribution is -2.51. The lowest BCUT2D eigenvalue weighted by molar-refractivity contribution is -0.134. The van der Waals surface area contributed by atoms with Crippen molar-refractivity contribution in [1.29, 1.82) is 0 Å². The van der Waals surface area contributed by atoms with Crippen LogP contribution in [0.1, 0.15) is 29.6 Å². The molecule has 2 rings (SSSR count). The summed E-state index contributed by atoms with van der Waals surface area (Å²) in [7, 11) is 0. The first-order valence-electron chi connectivity index (χ1n) is 7.07. The van der Waals surface area contributed by atoms with Crippen LogP contribution in [0, 0.1) is 0 Å². The SMILES string of the molecule is O=C1CC[C@H](NCCCNC(=O)c2ccccc2)C(=O)N1. The third kappa shape index (κ3) is 4.68. The molecule has 6 nitrogen and oxygen atoms in total. The minimum Gasteiger partial charge on any atom is -0.352 e. The molecule has 1 heterocycles. The monoisotopic (exact) mass is 289 g/mol. The predicted octanol–water partition coefficient (Wildman–Crippen LogP) is 0.201. The summed E-state index contributed by atoms with van der Waals surface area (Å²) >= 11 is 0. The van der Waals surface area contributed by atoms with Gasteiger partial charge >= 0.3 is 0 Å². The Kier molecular flexibility index (Phi) is 5.45. The maximum atomic E-state index is 11.8. The summed E-state index contributed by atoms with van der Waals surface area (Å²) in [5.41, 5.74) is 0.635. The molecule has 6 heteroatoms. The molecule has 0 unspecified atom stereocenters. The summed E-state index contributed by atoms with van der Waals surface area (Å²) in [6.07, 6.45) is 1.62. The summed E-state index contributed by atoms with van der Waals surface area (Å²) in [5, 5.41) is 8.21. The zero-order chi connectivity index (χ0) is 15.1. The number of piperidine rings is 1. The number of benzene rings is 1. The quantitative estimate of drug-likeness (QED) is 0.516. The van der Waals surface area contributed by atoms with Gasteiger partial charge in [-0.1, -0.05) is 18.2 Å². The lowest BCUT2D eigenvalue weighted by atomic mass is 10.1. The Bertz CT molecular complexity index is 516. The number of hydrogen-bond acceptors (Lipinski definition) is 4. The molecule has 0 aromatic heterocycles. The third-order valence-corrected chi connectivity index (χ3v) is 3.31. The van der Waals surface area contributed by atoms with E-state index in [0.29, 0.717) is 31.5 Å². The molecule has 3 N–H and O–H groups in total. The van der Waals surface area contributed by atoms with Crippen LogP contribution in [0.25, 0.3) is 0 Å². The first-order chi connectivity index (χ1) is 10.2. The van der Waals surface area contributed by atoms with Crippen LogP contribution < -0.4 is 16.0 Å². The van der Waals surface area contributed by atoms with Gasteiger partial charge in [-0.2, -0.15) is 0 Å². The second-order valence-electron chi connectivity index (χ2n) is 4.93. The van der Waals surface area contributed by atoms with E-state index in [1.54, 1.807) is 12.1 Å². The molecule has 0 aliphatic carbocycles. The van der Waals surface area contributed by atoms with Gasteiger partial charge in [0.05, 0.1) is 6.04 Å². The Morgan fingerprint density at radius 1 is 1.19 bits per heavy atom. The molecule has 0 spiro atoms. The van der Waals surface area contributed by atoms with Gasteiger partial charge in [0.25, 0.3) is 5.91 Å². The molecule has 1 saturated heterocycles. The van der Waals surface area contributed by atoms with Crippen LogP contribution in [0.4, 0.5) is 0 Å². The smallest absolute Gasteiger partial charge is 0.251 e. The van der Waals surface area contributed by atoms with Gasteiger partial charge in [0.1, 0.15) is 0 Å². The fourth-order valence-electron chi connectivity index (χ4n) is 2.15. The average molecular weight is 289 g/mol. The minimum atomic E-state index is -0.312. The first-order valence-corrected chi connectivity index (χ1v) is 7.07. The zero-order valence-electron chi connectivity index (χ0n) is 11.7. The number of nitrogens with one attached hydrogen (secondary N) is 3. The Balaban J connectivity index is 1.61. The highest BCUT2D eigenvalue weighted by Crippen LogP contribution is 2.04. The molecule has 0 bridgehead atoms. The van der Waals surface area contributed by atoms with Gasteiger partial charge < -0.3 is 10.6 Å². The van der Waals surface area contributed by atoms with E-state index in [1.807, 2.05) is 18.2 Å². The maximum absolute atomic E-state index is 11.8. The number of amides is 3. The van der Waals surface area contributed by atoms with E-state index in [9.17, 15) is 14.4 Å². The molecule has 1 atom stereocenters. The summed E-state index contributed by atoms with van der Waals surface area (Å²) in [4.78, 5) is 34.3. The Morgan fingerprint density at radius 3 is 2.67 bits per heavy atom. The number of hydrogen-bond donors (Lipinski definition) is 3. The summed E-state index contributed by atoms with van der Waals surface area (Å²) in [5.74, 6) is -0.579. The molecule has 21 heavy (non-hydrogen) atoms. The minimum absolute atomic E-state index is 0.100. The van der Waals surface area contributed by atoms with Gasteiger partial charge in [-0.15, -0.1) is 0 Å². The Hall–Kier alpha value is -2.21. The number of carbonyl (C=O) groups excluding carboxylic acids is 3. The summed E-state index contributed by atoms with van der Waals surface area (Å²) in [6, 6.07) is 8.71. The predicted molar refractivity (Wildman–Crippen MR) is 77.6 cm³/mol.